The minimum Gasteiger partial charge on any atom is -0.348 e. The second-order valence-corrected chi connectivity index (χ2v) is 6.29. The molecule has 0 spiro atoms. The molecule has 0 bridgehead atoms. The fourth-order valence-electron chi connectivity index (χ4n) is 2.62. The van der Waals surface area contributed by atoms with Gasteiger partial charge in [0.05, 0.1) is 12.7 Å². The van der Waals surface area contributed by atoms with Crippen molar-refractivity contribution in [1.29, 1.82) is 0 Å². The van der Waals surface area contributed by atoms with Crippen molar-refractivity contribution in [3.05, 3.63) is 71.8 Å². The van der Waals surface area contributed by atoms with Crippen molar-refractivity contribution < 1.29 is 0 Å². The van der Waals surface area contributed by atoms with E-state index in [4.69, 9.17) is 0 Å². The van der Waals surface area contributed by atoms with Crippen LogP contribution in [-0.2, 0) is 6.54 Å². The lowest BCUT2D eigenvalue weighted by molar-refractivity contribution is 0.524. The lowest BCUT2D eigenvalue weighted by Crippen LogP contribution is -2.43. The van der Waals surface area contributed by atoms with Gasteiger partial charge < -0.3 is 5.32 Å². The van der Waals surface area contributed by atoms with Crippen LogP contribution in [0.3, 0.4) is 0 Å². The molecule has 0 amide bonds. The first-order valence-electron chi connectivity index (χ1n) is 7.80. The average Bonchev–Trinajstić information content (AvgIpc) is 3.09. The summed E-state index contributed by atoms with van der Waals surface area (Å²) in [5, 5.41) is 4.44. The smallest absolute Gasteiger partial charge is 0.157 e. The fourth-order valence-corrected chi connectivity index (χ4v) is 3.07. The molecule has 23 heavy (non-hydrogen) atoms. The highest BCUT2D eigenvalue weighted by Crippen LogP contribution is 2.21. The molecular weight excluding hydrogens is 304 g/mol. The summed E-state index contributed by atoms with van der Waals surface area (Å²) in [6, 6.07) is 21.1. The predicted octanol–water partition coefficient (Wildman–Crippen LogP) is 3.06. The van der Waals surface area contributed by atoms with Crippen molar-refractivity contribution >= 4 is 16.9 Å². The molecule has 0 aliphatic carbocycles. The molecule has 2 unspecified atom stereocenters. The number of rotatable bonds is 4. The van der Waals surface area contributed by atoms with Crippen molar-refractivity contribution in [2.75, 3.05) is 6.26 Å². The van der Waals surface area contributed by atoms with Crippen LogP contribution in [0.1, 0.15) is 23.6 Å². The third-order valence-corrected chi connectivity index (χ3v) is 4.48. The highest BCUT2D eigenvalue weighted by Gasteiger charge is 2.25. The zero-order valence-electron chi connectivity index (χ0n) is 13.2. The average molecular weight is 326 g/mol. The maximum Gasteiger partial charge on any atom is 0.157 e. The Kier molecular flexibility index (Phi) is 5.69. The zero-order chi connectivity index (χ0) is 15.9. The van der Waals surface area contributed by atoms with Gasteiger partial charge in [-0.15, -0.1) is 0 Å². The normalized spacial score (nSPS) is 21.3. The zero-order valence-corrected chi connectivity index (χ0v) is 14.0. The molecule has 2 atom stereocenters. The number of hydrogen-bond donors (Lipinski definition) is 3. The molecule has 1 aliphatic rings. The minimum absolute atomic E-state index is 0.183. The third-order valence-electron chi connectivity index (χ3n) is 3.84. The third kappa shape index (κ3) is 4.58. The van der Waals surface area contributed by atoms with E-state index in [-0.39, 0.29) is 6.17 Å². The van der Waals surface area contributed by atoms with E-state index in [0.717, 1.165) is 11.6 Å². The molecule has 1 aliphatic heterocycles. The number of benzene rings is 2. The summed E-state index contributed by atoms with van der Waals surface area (Å²) in [6.45, 7) is 0.701. The minimum atomic E-state index is 0.183. The van der Waals surface area contributed by atoms with Crippen LogP contribution < -0.4 is 16.2 Å². The maximum atomic E-state index is 4.67. The fraction of sp³-hybridized carbons (Fsp3) is 0.278. The van der Waals surface area contributed by atoms with Crippen LogP contribution in [0.25, 0.3) is 0 Å². The molecule has 0 radical (unpaired) electrons. The molecule has 2 aromatic rings. The first-order chi connectivity index (χ1) is 11.3. The van der Waals surface area contributed by atoms with E-state index < -0.39 is 0 Å². The lowest BCUT2D eigenvalue weighted by atomic mass is 10.0. The maximum absolute atomic E-state index is 4.67. The molecule has 3 N–H and O–H groups in total. The number of nitrogens with zero attached hydrogens (tertiary/aromatic N) is 1. The Bertz CT molecular complexity index is 630. The van der Waals surface area contributed by atoms with Gasteiger partial charge in [0.1, 0.15) is 0 Å². The molecule has 2 aromatic carbocycles. The van der Waals surface area contributed by atoms with Gasteiger partial charge in [0.15, 0.2) is 5.17 Å². The molecular formula is C18H22N4S. The SMILES string of the molecule is CSC(=NCc1ccccc1)NC1CC(c2ccccc2)NN1. The van der Waals surface area contributed by atoms with Crippen LogP contribution >= 0.6 is 11.8 Å². The molecule has 120 valence electrons. The van der Waals surface area contributed by atoms with Crippen LogP contribution in [0.4, 0.5) is 0 Å². The van der Waals surface area contributed by atoms with Gasteiger partial charge in [0.2, 0.25) is 0 Å². The van der Waals surface area contributed by atoms with Gasteiger partial charge in [-0.3, -0.25) is 4.99 Å². The summed E-state index contributed by atoms with van der Waals surface area (Å²) in [4.78, 5) is 4.67. The summed E-state index contributed by atoms with van der Waals surface area (Å²) < 4.78 is 0. The van der Waals surface area contributed by atoms with Gasteiger partial charge in [-0.05, 0) is 17.4 Å². The predicted molar refractivity (Wildman–Crippen MR) is 98.1 cm³/mol. The van der Waals surface area contributed by atoms with Crippen molar-refractivity contribution in [2.24, 2.45) is 4.99 Å². The number of nitrogens with one attached hydrogen (secondary N) is 3. The van der Waals surface area contributed by atoms with Gasteiger partial charge >= 0.3 is 0 Å². The molecule has 1 fully saturated rings. The standard InChI is InChI=1S/C18H22N4S/c1-23-18(19-13-14-8-4-2-5-9-14)20-17-12-16(21-22-17)15-10-6-3-7-11-15/h2-11,16-17,21-22H,12-13H2,1H3,(H,19,20). The molecule has 1 heterocycles. The first kappa shape index (κ1) is 16.1. The summed E-state index contributed by atoms with van der Waals surface area (Å²) in [5.41, 5.74) is 9.19. The number of hydrazine groups is 1. The Morgan fingerprint density at radius 1 is 1.09 bits per heavy atom. The van der Waals surface area contributed by atoms with E-state index in [1.165, 1.54) is 11.1 Å². The van der Waals surface area contributed by atoms with E-state index in [1.807, 2.05) is 30.5 Å². The number of amidine groups is 1. The molecule has 4 nitrogen and oxygen atoms in total. The molecule has 5 heteroatoms. The van der Waals surface area contributed by atoms with Gasteiger partial charge in [-0.2, -0.15) is 0 Å². The Labute approximate surface area is 141 Å². The summed E-state index contributed by atoms with van der Waals surface area (Å²) in [7, 11) is 0. The second-order valence-electron chi connectivity index (χ2n) is 5.50. The van der Waals surface area contributed by atoms with Crippen molar-refractivity contribution in [3.63, 3.8) is 0 Å². The Balaban J connectivity index is 1.55. The quantitative estimate of drug-likeness (QED) is 0.597. The highest BCUT2D eigenvalue weighted by molar-refractivity contribution is 8.13. The Morgan fingerprint density at radius 2 is 1.78 bits per heavy atom. The molecule has 3 rings (SSSR count). The first-order valence-corrected chi connectivity index (χ1v) is 9.02. The summed E-state index contributed by atoms with van der Waals surface area (Å²) in [6.07, 6.45) is 3.21. The Hall–Kier alpha value is -1.82. The molecule has 0 aromatic heterocycles. The highest BCUT2D eigenvalue weighted by atomic mass is 32.2. The molecule has 0 saturated carbocycles. The second kappa shape index (κ2) is 8.15. The summed E-state index contributed by atoms with van der Waals surface area (Å²) in [5.74, 6) is 0. The van der Waals surface area contributed by atoms with E-state index in [0.29, 0.717) is 12.6 Å². The van der Waals surface area contributed by atoms with Crippen LogP contribution in [0.5, 0.6) is 0 Å². The van der Waals surface area contributed by atoms with Crippen molar-refractivity contribution in [3.8, 4) is 0 Å². The lowest BCUT2D eigenvalue weighted by Gasteiger charge is -2.14. The Morgan fingerprint density at radius 3 is 2.48 bits per heavy atom. The van der Waals surface area contributed by atoms with E-state index in [1.54, 1.807) is 11.8 Å². The van der Waals surface area contributed by atoms with Crippen LogP contribution in [0, 0.1) is 0 Å². The number of hydrogen-bond acceptors (Lipinski definition) is 4. The van der Waals surface area contributed by atoms with Crippen LogP contribution in [0.2, 0.25) is 0 Å². The van der Waals surface area contributed by atoms with Crippen molar-refractivity contribution in [1.82, 2.24) is 16.2 Å². The van der Waals surface area contributed by atoms with E-state index in [2.05, 4.69) is 57.6 Å². The molecule has 1 saturated heterocycles. The van der Waals surface area contributed by atoms with Gasteiger partial charge in [0, 0.05) is 12.5 Å². The van der Waals surface area contributed by atoms with E-state index >= 15 is 0 Å². The van der Waals surface area contributed by atoms with E-state index in [9.17, 15) is 0 Å². The van der Waals surface area contributed by atoms with Crippen LogP contribution in [-0.4, -0.2) is 17.6 Å². The number of thioether (sulfide) groups is 1. The van der Waals surface area contributed by atoms with Crippen molar-refractivity contribution in [2.45, 2.75) is 25.2 Å². The van der Waals surface area contributed by atoms with Gasteiger partial charge in [-0.25, -0.2) is 10.9 Å². The van der Waals surface area contributed by atoms with Crippen LogP contribution in [0.15, 0.2) is 65.7 Å². The number of aliphatic imine (C=N–C) groups is 1. The topological polar surface area (TPSA) is 48.5 Å². The largest absolute Gasteiger partial charge is 0.348 e. The van der Waals surface area contributed by atoms with Gasteiger partial charge in [0.25, 0.3) is 0 Å². The monoisotopic (exact) mass is 326 g/mol. The van der Waals surface area contributed by atoms with Gasteiger partial charge in [-0.1, -0.05) is 72.4 Å². The summed E-state index contributed by atoms with van der Waals surface area (Å²) >= 11 is 1.64.